The van der Waals surface area contributed by atoms with Crippen LogP contribution in [-0.2, 0) is 0 Å². The fraction of sp³-hybridized carbons (Fsp3) is 0.600. The molecule has 1 saturated carbocycles. The number of hydrogen-bond acceptors (Lipinski definition) is 4. The number of nitrogens with zero attached hydrogens (tertiary/aromatic N) is 2. The second-order valence-electron chi connectivity index (χ2n) is 6.20. The third-order valence-corrected chi connectivity index (χ3v) is 4.82. The Balaban J connectivity index is 1.89. The van der Waals surface area contributed by atoms with Crippen LogP contribution in [0.25, 0.3) is 0 Å². The van der Waals surface area contributed by atoms with E-state index in [0.717, 1.165) is 43.6 Å². The first kappa shape index (κ1) is 13.4. The molecule has 1 aliphatic carbocycles. The first-order chi connectivity index (χ1) is 9.56. The van der Waals surface area contributed by atoms with Crippen LogP contribution in [0.2, 0.25) is 0 Å². The Morgan fingerprint density at radius 1 is 1.30 bits per heavy atom. The van der Waals surface area contributed by atoms with Gasteiger partial charge in [-0.15, -0.1) is 0 Å². The van der Waals surface area contributed by atoms with Gasteiger partial charge >= 0.3 is 0 Å². The molecule has 108 valence electrons. The van der Waals surface area contributed by atoms with E-state index in [2.05, 4.69) is 4.90 Å². The van der Waals surface area contributed by atoms with Gasteiger partial charge < -0.3 is 10.6 Å². The van der Waals surface area contributed by atoms with E-state index in [9.17, 15) is 10.1 Å². The van der Waals surface area contributed by atoms with E-state index in [1.54, 1.807) is 12.1 Å². The summed E-state index contributed by atoms with van der Waals surface area (Å²) in [6.07, 6.45) is 3.30. The van der Waals surface area contributed by atoms with Crippen molar-refractivity contribution < 1.29 is 4.92 Å². The van der Waals surface area contributed by atoms with Gasteiger partial charge in [-0.05, 0) is 43.6 Å². The highest BCUT2D eigenvalue weighted by Crippen LogP contribution is 2.41. The molecule has 5 nitrogen and oxygen atoms in total. The number of fused-ring (bicyclic) bond motifs is 1. The minimum absolute atomic E-state index is 0.230. The summed E-state index contributed by atoms with van der Waals surface area (Å²) in [6, 6.07) is 5.63. The molecule has 2 N–H and O–H groups in total. The standard InChI is InChI=1S/C15H21N3O2/c1-10-3-2-4-14(18(19)20)15(10)17-8-11-5-6-13(16)7-12(11)9-17/h2-4,11-13H,5-9,16H2,1H3/t11-,12+,13?/m1/s1. The lowest BCUT2D eigenvalue weighted by Gasteiger charge is -2.27. The Kier molecular flexibility index (Phi) is 3.38. The first-order valence-electron chi connectivity index (χ1n) is 7.30. The summed E-state index contributed by atoms with van der Waals surface area (Å²) in [4.78, 5) is 13.2. The molecule has 0 radical (unpaired) electrons. The molecule has 3 atom stereocenters. The van der Waals surface area contributed by atoms with E-state index in [1.165, 1.54) is 0 Å². The van der Waals surface area contributed by atoms with Gasteiger partial charge in [0.25, 0.3) is 5.69 Å². The monoisotopic (exact) mass is 275 g/mol. The van der Waals surface area contributed by atoms with Crippen molar-refractivity contribution in [3.63, 3.8) is 0 Å². The zero-order valence-electron chi connectivity index (χ0n) is 11.8. The molecule has 1 aromatic rings. The van der Waals surface area contributed by atoms with E-state index in [1.807, 2.05) is 13.0 Å². The normalized spacial score (nSPS) is 29.3. The van der Waals surface area contributed by atoms with Gasteiger partial charge in [-0.25, -0.2) is 0 Å². The summed E-state index contributed by atoms with van der Waals surface area (Å²) in [5.41, 5.74) is 8.08. The van der Waals surface area contributed by atoms with Crippen LogP contribution in [0.4, 0.5) is 11.4 Å². The number of para-hydroxylation sites is 1. The molecule has 0 aromatic heterocycles. The average molecular weight is 275 g/mol. The maximum absolute atomic E-state index is 11.3. The first-order valence-corrected chi connectivity index (χ1v) is 7.30. The van der Waals surface area contributed by atoms with Gasteiger partial charge in [0.1, 0.15) is 5.69 Å². The van der Waals surface area contributed by atoms with E-state index >= 15 is 0 Å². The molecule has 5 heteroatoms. The van der Waals surface area contributed by atoms with Crippen molar-refractivity contribution in [2.24, 2.45) is 17.6 Å². The van der Waals surface area contributed by atoms with Crippen molar-refractivity contribution >= 4 is 11.4 Å². The molecule has 1 aliphatic heterocycles. The zero-order chi connectivity index (χ0) is 14.3. The van der Waals surface area contributed by atoms with E-state index in [4.69, 9.17) is 5.73 Å². The Hall–Kier alpha value is -1.62. The fourth-order valence-corrected chi connectivity index (χ4v) is 3.85. The molecule has 1 aromatic carbocycles. The summed E-state index contributed by atoms with van der Waals surface area (Å²) in [5, 5.41) is 11.3. The lowest BCUT2D eigenvalue weighted by atomic mass is 9.79. The number of nitrogens with two attached hydrogens (primary N) is 1. The van der Waals surface area contributed by atoms with Crippen LogP contribution in [0.3, 0.4) is 0 Å². The minimum atomic E-state index is -0.268. The van der Waals surface area contributed by atoms with Crippen LogP contribution < -0.4 is 10.6 Å². The van der Waals surface area contributed by atoms with Gasteiger partial charge in [-0.1, -0.05) is 12.1 Å². The average Bonchev–Trinajstić information content (AvgIpc) is 2.80. The highest BCUT2D eigenvalue weighted by molar-refractivity contribution is 5.68. The quantitative estimate of drug-likeness (QED) is 0.664. The smallest absolute Gasteiger partial charge is 0.292 e. The number of nitro benzene ring substituents is 1. The summed E-state index contributed by atoms with van der Waals surface area (Å²) in [7, 11) is 0. The molecule has 1 heterocycles. The lowest BCUT2D eigenvalue weighted by molar-refractivity contribution is -0.384. The summed E-state index contributed by atoms with van der Waals surface area (Å²) in [6.45, 7) is 3.79. The topological polar surface area (TPSA) is 72.4 Å². The number of nitro groups is 1. The Labute approximate surface area is 118 Å². The van der Waals surface area contributed by atoms with Gasteiger partial charge in [0.2, 0.25) is 0 Å². The second kappa shape index (κ2) is 5.05. The number of hydrogen-bond donors (Lipinski definition) is 1. The molecule has 20 heavy (non-hydrogen) atoms. The number of aryl methyl sites for hydroxylation is 1. The molecular weight excluding hydrogens is 254 g/mol. The molecule has 1 saturated heterocycles. The largest absolute Gasteiger partial charge is 0.365 e. The number of benzene rings is 1. The van der Waals surface area contributed by atoms with E-state index in [-0.39, 0.29) is 10.6 Å². The minimum Gasteiger partial charge on any atom is -0.365 e. The SMILES string of the molecule is Cc1cccc([N+](=O)[O-])c1N1C[C@H]2CCC(N)C[C@H]2C1. The van der Waals surface area contributed by atoms with Gasteiger partial charge in [-0.3, -0.25) is 10.1 Å². The van der Waals surface area contributed by atoms with Crippen LogP contribution in [0.15, 0.2) is 18.2 Å². The molecular formula is C15H21N3O2. The van der Waals surface area contributed by atoms with Crippen molar-refractivity contribution in [2.45, 2.75) is 32.2 Å². The molecule has 0 bridgehead atoms. The van der Waals surface area contributed by atoms with E-state index < -0.39 is 0 Å². The maximum atomic E-state index is 11.3. The van der Waals surface area contributed by atoms with Crippen molar-refractivity contribution in [1.82, 2.24) is 0 Å². The summed E-state index contributed by atoms with van der Waals surface area (Å²) in [5.74, 6) is 1.24. The predicted octanol–water partition coefficient (Wildman–Crippen LogP) is 2.47. The third kappa shape index (κ3) is 2.26. The van der Waals surface area contributed by atoms with Crippen LogP contribution in [-0.4, -0.2) is 24.1 Å². The Morgan fingerprint density at radius 3 is 2.80 bits per heavy atom. The second-order valence-corrected chi connectivity index (χ2v) is 6.20. The van der Waals surface area contributed by atoms with Gasteiger partial charge in [0.15, 0.2) is 0 Å². The number of rotatable bonds is 2. The molecule has 2 fully saturated rings. The molecule has 0 amide bonds. The van der Waals surface area contributed by atoms with Crippen molar-refractivity contribution in [3.8, 4) is 0 Å². The van der Waals surface area contributed by atoms with E-state index in [0.29, 0.717) is 17.9 Å². The highest BCUT2D eigenvalue weighted by atomic mass is 16.6. The van der Waals surface area contributed by atoms with Gasteiger partial charge in [0.05, 0.1) is 4.92 Å². The summed E-state index contributed by atoms with van der Waals surface area (Å²) >= 11 is 0. The molecule has 0 spiro atoms. The van der Waals surface area contributed by atoms with Crippen LogP contribution >= 0.6 is 0 Å². The maximum Gasteiger partial charge on any atom is 0.292 e. The lowest BCUT2D eigenvalue weighted by Crippen LogP contribution is -2.32. The zero-order valence-corrected chi connectivity index (χ0v) is 11.8. The molecule has 3 rings (SSSR count). The predicted molar refractivity (Wildman–Crippen MR) is 78.9 cm³/mol. The third-order valence-electron chi connectivity index (χ3n) is 4.82. The van der Waals surface area contributed by atoms with Crippen molar-refractivity contribution in [3.05, 3.63) is 33.9 Å². The van der Waals surface area contributed by atoms with Crippen molar-refractivity contribution in [1.29, 1.82) is 0 Å². The summed E-state index contributed by atoms with van der Waals surface area (Å²) < 4.78 is 0. The van der Waals surface area contributed by atoms with Crippen LogP contribution in [0.1, 0.15) is 24.8 Å². The Bertz CT molecular complexity index is 532. The Morgan fingerprint density at radius 2 is 2.05 bits per heavy atom. The van der Waals surface area contributed by atoms with Crippen molar-refractivity contribution in [2.75, 3.05) is 18.0 Å². The molecule has 2 aliphatic rings. The highest BCUT2D eigenvalue weighted by Gasteiger charge is 2.38. The molecule has 1 unspecified atom stereocenters. The van der Waals surface area contributed by atoms with Gasteiger partial charge in [0, 0.05) is 25.2 Å². The van der Waals surface area contributed by atoms with Crippen LogP contribution in [0.5, 0.6) is 0 Å². The van der Waals surface area contributed by atoms with Crippen LogP contribution in [0, 0.1) is 28.9 Å². The number of anilines is 1. The fourth-order valence-electron chi connectivity index (χ4n) is 3.85. The van der Waals surface area contributed by atoms with Gasteiger partial charge in [-0.2, -0.15) is 0 Å².